The van der Waals surface area contributed by atoms with E-state index in [9.17, 15) is 37.9 Å². The molecule has 10 rings (SSSR count). The van der Waals surface area contributed by atoms with Gasteiger partial charge in [-0.05, 0) is 161 Å². The van der Waals surface area contributed by atoms with Gasteiger partial charge in [-0.1, -0.05) is 44.3 Å². The minimum Gasteiger partial charge on any atom is -0.493 e. The lowest BCUT2D eigenvalue weighted by atomic mass is 9.86. The summed E-state index contributed by atoms with van der Waals surface area (Å²) in [5, 5.41) is 18.4. The van der Waals surface area contributed by atoms with Crippen molar-refractivity contribution >= 4 is 59.9 Å². The highest BCUT2D eigenvalue weighted by atomic mass is 28.3. The highest BCUT2D eigenvalue weighted by Crippen LogP contribution is 2.45. The molecule has 0 radical (unpaired) electrons. The van der Waals surface area contributed by atoms with E-state index in [0.717, 1.165) is 38.5 Å². The molecule has 18 nitrogen and oxygen atoms in total. The first kappa shape index (κ1) is 64.0. The fraction of sp³-hybridized carbons (Fsp3) is 0.391. The van der Waals surface area contributed by atoms with Crippen LogP contribution in [0.1, 0.15) is 99.6 Å². The van der Waals surface area contributed by atoms with Crippen LogP contribution in [-0.4, -0.2) is 164 Å². The van der Waals surface area contributed by atoms with Crippen molar-refractivity contribution in [3.05, 3.63) is 159 Å². The summed E-state index contributed by atoms with van der Waals surface area (Å²) >= 11 is 0. The normalized spacial score (nSPS) is 18.1. The number of esters is 1. The Morgan fingerprint density at radius 2 is 1.49 bits per heavy atom. The van der Waals surface area contributed by atoms with Gasteiger partial charge in [0, 0.05) is 43.0 Å². The standard InChI is InChI=1S/C69H77F2N5O13Si/c1-9-50(44-32-59(85-4)65(87-6)60(33-44)86-5)67(79)76-28-11-10-15-55(76)69(82)89-56(24-16-41-17-25-57(83-2)58(29-41)84-3)42-13-12-14-49(30-42)88-40-63(77)72-26-27-73-66(78)43-18-21-51(68(80)81)54(31-43)64-52-22-19-47(74-36-45(70)37-74)34-61(52)90(7,8)62-35-48(20-23-53(62)64)75-38-46(71)39-75/h12-14,17-23,25,29-35,45-46,50,55-56H,9-11,15-16,24,26-28,36-40H2,1-8H3,(H2-,72,73,77,78,80,81)/p+1/t50-,55-,56+/m0/s1. The van der Waals surface area contributed by atoms with E-state index in [1.54, 1.807) is 55.5 Å². The lowest BCUT2D eigenvalue weighted by Crippen LogP contribution is -2.52. The van der Waals surface area contributed by atoms with Crippen molar-refractivity contribution in [2.45, 2.75) is 88.9 Å². The van der Waals surface area contributed by atoms with Gasteiger partial charge in [0.05, 0.1) is 60.1 Å². The van der Waals surface area contributed by atoms with Crippen LogP contribution in [0, 0.1) is 0 Å². The number of anilines is 1. The monoisotopic (exact) mass is 1250 g/mol. The smallest absolute Gasteiger partial charge is 0.336 e. The first-order chi connectivity index (χ1) is 43.4. The molecule has 0 aromatic heterocycles. The predicted molar refractivity (Wildman–Crippen MR) is 340 cm³/mol. The van der Waals surface area contributed by atoms with E-state index in [-0.39, 0.29) is 62.9 Å². The highest BCUT2D eigenvalue weighted by molar-refractivity contribution is 6.98. The molecule has 5 aromatic rings. The third kappa shape index (κ3) is 13.5. The number of amides is 3. The van der Waals surface area contributed by atoms with Gasteiger partial charge in [-0.15, -0.1) is 0 Å². The van der Waals surface area contributed by atoms with Gasteiger partial charge < -0.3 is 58.7 Å². The molecule has 90 heavy (non-hydrogen) atoms. The third-order valence-corrected chi connectivity index (χ3v) is 21.2. The van der Waals surface area contributed by atoms with E-state index in [1.807, 2.05) is 64.9 Å². The predicted octanol–water partition coefficient (Wildman–Crippen LogP) is 8.87. The van der Waals surface area contributed by atoms with Crippen molar-refractivity contribution < 1.29 is 75.6 Å². The van der Waals surface area contributed by atoms with Gasteiger partial charge in [-0.2, -0.15) is 0 Å². The molecule has 0 unspecified atom stereocenters. The molecule has 5 aromatic carbocycles. The third-order valence-electron chi connectivity index (χ3n) is 17.7. The topological polar surface area (TPSA) is 204 Å². The lowest BCUT2D eigenvalue weighted by Gasteiger charge is -2.41. The maximum Gasteiger partial charge on any atom is 0.336 e. The first-order valence-corrected chi connectivity index (χ1v) is 33.5. The molecular weight excluding hydrogens is 1170 g/mol. The lowest BCUT2D eigenvalue weighted by molar-refractivity contribution is -0.599. The Morgan fingerprint density at radius 1 is 0.756 bits per heavy atom. The van der Waals surface area contributed by atoms with Gasteiger partial charge in [-0.25, -0.2) is 22.9 Å². The number of likely N-dealkylation sites (tertiary alicyclic amines) is 1. The summed E-state index contributed by atoms with van der Waals surface area (Å²) in [5.74, 6) is -0.871. The Labute approximate surface area is 524 Å². The number of hydrogen-bond acceptors (Lipinski definition) is 13. The minimum atomic E-state index is -2.54. The number of halogens is 2. The summed E-state index contributed by atoms with van der Waals surface area (Å²) in [4.78, 5) is 73.2. The van der Waals surface area contributed by atoms with Gasteiger partial charge in [0.25, 0.3) is 11.8 Å². The molecule has 0 bridgehead atoms. The van der Waals surface area contributed by atoms with Crippen LogP contribution >= 0.6 is 0 Å². The van der Waals surface area contributed by atoms with Crippen molar-refractivity contribution in [2.24, 2.45) is 0 Å². The van der Waals surface area contributed by atoms with Crippen LogP contribution in [0.3, 0.4) is 0 Å². The molecule has 3 saturated heterocycles. The largest absolute Gasteiger partial charge is 0.493 e. The van der Waals surface area contributed by atoms with Gasteiger partial charge in [0.15, 0.2) is 48.4 Å². The van der Waals surface area contributed by atoms with Crippen molar-refractivity contribution in [1.82, 2.24) is 15.5 Å². The number of aromatic carboxylic acids is 1. The number of nitrogens with one attached hydrogen (secondary N) is 2. The molecule has 4 heterocycles. The van der Waals surface area contributed by atoms with Crippen LogP contribution in [-0.2, 0) is 25.5 Å². The van der Waals surface area contributed by atoms with Crippen molar-refractivity contribution in [1.29, 1.82) is 0 Å². The van der Waals surface area contributed by atoms with Crippen LogP contribution in [0.5, 0.6) is 34.5 Å². The number of alkyl halides is 2. The Kier molecular flexibility index (Phi) is 19.8. The summed E-state index contributed by atoms with van der Waals surface area (Å²) in [6.07, 6.45) is 6.42. The molecule has 3 N–H and O–H groups in total. The summed E-state index contributed by atoms with van der Waals surface area (Å²) < 4.78 is 70.6. The molecule has 4 aliphatic heterocycles. The van der Waals surface area contributed by atoms with Gasteiger partial charge in [-0.3, -0.25) is 14.4 Å². The van der Waals surface area contributed by atoms with Gasteiger partial charge in [0.1, 0.15) is 32.1 Å². The summed E-state index contributed by atoms with van der Waals surface area (Å²) in [6, 6.07) is 25.7. The van der Waals surface area contributed by atoms with Crippen LogP contribution < -0.4 is 49.1 Å². The number of fused-ring (bicyclic) bond motifs is 2. The fourth-order valence-electron chi connectivity index (χ4n) is 12.7. The van der Waals surface area contributed by atoms with Gasteiger partial charge in [0.2, 0.25) is 17.8 Å². The molecule has 3 atom stereocenters. The number of piperidine rings is 1. The number of allylic oxidation sites excluding steroid dienone is 5. The maximum absolute atomic E-state index is 14.6. The Morgan fingerprint density at radius 3 is 2.17 bits per heavy atom. The van der Waals surface area contributed by atoms with E-state index < -0.39 is 62.2 Å². The fourth-order valence-corrected chi connectivity index (χ4v) is 15.8. The maximum atomic E-state index is 14.6. The molecule has 3 fully saturated rings. The number of hydrogen-bond donors (Lipinski definition) is 3. The Hall–Kier alpha value is -8.98. The van der Waals surface area contributed by atoms with E-state index in [0.29, 0.717) is 102 Å². The zero-order chi connectivity index (χ0) is 64.0. The number of ether oxygens (including phenoxy) is 7. The first-order valence-electron chi connectivity index (χ1n) is 30.5. The van der Waals surface area contributed by atoms with E-state index in [2.05, 4.69) is 35.9 Å². The number of carboxylic acid groups (broad SMARTS) is 1. The second-order valence-corrected chi connectivity index (χ2v) is 27.9. The molecule has 3 amide bonds. The number of carboxylic acids is 1. The molecule has 0 saturated carbocycles. The van der Waals surface area contributed by atoms with Crippen LogP contribution in [0.2, 0.25) is 13.1 Å². The average Bonchev–Trinajstić information content (AvgIpc) is 0.719. The Balaban J connectivity index is 0.817. The van der Waals surface area contributed by atoms with E-state index in [4.69, 9.17) is 33.2 Å². The summed E-state index contributed by atoms with van der Waals surface area (Å²) in [6.45, 7) is 7.55. The quantitative estimate of drug-likeness (QED) is 0.0229. The molecular formula is C69H78F2N5O13Si+. The number of carbonyl (C=O) groups excluding carboxylic acids is 4. The average molecular weight is 1250 g/mol. The summed E-state index contributed by atoms with van der Waals surface area (Å²) in [7, 11) is 5.12. The van der Waals surface area contributed by atoms with Crippen LogP contribution in [0.4, 0.5) is 14.5 Å². The SMILES string of the molecule is CC[C@H](C(=O)N1CCCC[C@H]1C(=O)O[C@H](CCc1ccc(OC)c(OC)c1)c1cccc(OCC(=O)NCCNC(=O)c2ccc(C(=O)O)c(C3=C4C=CC(=[N+]5CC(F)C5)C=C4[Si](C)(C)c4cc(N5CC(F)C5)ccc43)c2)c1)c1cc(OC)c(OC)c(OC)c1. The second-order valence-electron chi connectivity index (χ2n) is 23.6. The van der Waals surface area contributed by atoms with E-state index in [1.165, 1.54) is 33.5 Å². The Bertz CT molecular complexity index is 3690. The van der Waals surface area contributed by atoms with Gasteiger partial charge >= 0.3 is 11.9 Å². The minimum absolute atomic E-state index is 0.00155. The summed E-state index contributed by atoms with van der Waals surface area (Å²) in [5.41, 5.74) is 6.78. The molecule has 1 aliphatic carbocycles. The number of rotatable bonds is 24. The van der Waals surface area contributed by atoms with Crippen LogP contribution in [0.15, 0.2) is 120 Å². The van der Waals surface area contributed by atoms with Crippen molar-refractivity contribution in [2.75, 3.05) is 92.9 Å². The second kappa shape index (κ2) is 27.8. The number of nitrogens with zero attached hydrogens (tertiary/aromatic N) is 3. The number of carbonyl (C=O) groups is 5. The molecule has 474 valence electrons. The molecule has 5 aliphatic rings. The zero-order valence-corrected chi connectivity index (χ0v) is 53.1. The number of benzene rings is 5. The highest BCUT2D eigenvalue weighted by Gasteiger charge is 2.44. The number of aryl methyl sites for hydroxylation is 1. The number of methoxy groups -OCH3 is 5. The van der Waals surface area contributed by atoms with Crippen LogP contribution in [0.25, 0.3) is 5.57 Å². The zero-order valence-electron chi connectivity index (χ0n) is 52.1. The molecule has 21 heteroatoms. The van der Waals surface area contributed by atoms with Crippen molar-refractivity contribution in [3.8, 4) is 34.5 Å². The van der Waals surface area contributed by atoms with Crippen molar-refractivity contribution in [3.63, 3.8) is 0 Å². The van der Waals surface area contributed by atoms with E-state index >= 15 is 0 Å². The molecule has 0 spiro atoms.